The second-order valence-electron chi connectivity index (χ2n) is 4.38. The number of aryl methyl sites for hydroxylation is 1. The standard InChI is InChI=1S/C14H10F5NS/c1-6-2-3-8(20)9(4-6)21-5-7-10(15)12(17)14(19)13(18)11(7)16/h2-4H,5,20H2,1H3. The molecule has 0 amide bonds. The van der Waals surface area contributed by atoms with Gasteiger partial charge < -0.3 is 5.73 Å². The van der Waals surface area contributed by atoms with Crippen LogP contribution in [0.4, 0.5) is 27.6 Å². The highest BCUT2D eigenvalue weighted by molar-refractivity contribution is 7.98. The molecule has 2 N–H and O–H groups in total. The number of nitrogens with two attached hydrogens (primary N) is 1. The van der Waals surface area contributed by atoms with Crippen LogP contribution in [0.5, 0.6) is 0 Å². The maximum Gasteiger partial charge on any atom is 0.200 e. The fourth-order valence-corrected chi connectivity index (χ4v) is 2.75. The molecule has 0 radical (unpaired) electrons. The minimum atomic E-state index is -2.16. The van der Waals surface area contributed by atoms with E-state index in [0.717, 1.165) is 17.3 Å². The maximum absolute atomic E-state index is 13.5. The van der Waals surface area contributed by atoms with Gasteiger partial charge in [0.25, 0.3) is 0 Å². The zero-order chi connectivity index (χ0) is 15.7. The Labute approximate surface area is 122 Å². The first-order valence-electron chi connectivity index (χ1n) is 5.82. The molecule has 2 rings (SSSR count). The molecule has 1 nitrogen and oxygen atoms in total. The molecule has 0 bridgehead atoms. The Bertz CT molecular complexity index is 673. The maximum atomic E-state index is 13.5. The summed E-state index contributed by atoms with van der Waals surface area (Å²) in [6, 6.07) is 5.03. The van der Waals surface area contributed by atoms with Crippen molar-refractivity contribution in [3.63, 3.8) is 0 Å². The predicted molar refractivity (Wildman–Crippen MR) is 71.4 cm³/mol. The Hall–Kier alpha value is -1.76. The lowest BCUT2D eigenvalue weighted by Gasteiger charge is -2.10. The van der Waals surface area contributed by atoms with Crippen molar-refractivity contribution in [1.82, 2.24) is 0 Å². The van der Waals surface area contributed by atoms with Crippen LogP contribution in [-0.2, 0) is 5.75 Å². The van der Waals surface area contributed by atoms with E-state index in [0.29, 0.717) is 10.6 Å². The smallest absolute Gasteiger partial charge is 0.200 e. The zero-order valence-corrected chi connectivity index (χ0v) is 11.6. The van der Waals surface area contributed by atoms with Gasteiger partial charge in [-0.3, -0.25) is 0 Å². The summed E-state index contributed by atoms with van der Waals surface area (Å²) in [6.45, 7) is 1.79. The van der Waals surface area contributed by atoms with Crippen LogP contribution in [0.1, 0.15) is 11.1 Å². The van der Waals surface area contributed by atoms with Crippen LogP contribution < -0.4 is 5.73 Å². The lowest BCUT2D eigenvalue weighted by atomic mass is 10.2. The highest BCUT2D eigenvalue weighted by atomic mass is 32.2. The minimum Gasteiger partial charge on any atom is -0.398 e. The molecular formula is C14H10F5NS. The van der Waals surface area contributed by atoms with E-state index in [4.69, 9.17) is 5.73 Å². The first-order valence-corrected chi connectivity index (χ1v) is 6.80. The largest absolute Gasteiger partial charge is 0.398 e. The fourth-order valence-electron chi connectivity index (χ4n) is 1.69. The number of hydrogen-bond acceptors (Lipinski definition) is 2. The molecule has 21 heavy (non-hydrogen) atoms. The van der Waals surface area contributed by atoms with Gasteiger partial charge in [0.1, 0.15) is 0 Å². The number of benzene rings is 2. The van der Waals surface area contributed by atoms with Crippen LogP contribution in [0.15, 0.2) is 23.1 Å². The van der Waals surface area contributed by atoms with Gasteiger partial charge in [-0.15, -0.1) is 11.8 Å². The SMILES string of the molecule is Cc1ccc(N)c(SCc2c(F)c(F)c(F)c(F)c2F)c1. The van der Waals surface area contributed by atoms with Crippen LogP contribution in [0, 0.1) is 36.0 Å². The molecule has 7 heteroatoms. The lowest BCUT2D eigenvalue weighted by Crippen LogP contribution is -2.06. The van der Waals surface area contributed by atoms with Crippen molar-refractivity contribution in [3.05, 3.63) is 58.4 Å². The summed E-state index contributed by atoms with van der Waals surface area (Å²) in [5.41, 5.74) is 6.07. The Balaban J connectivity index is 2.35. The van der Waals surface area contributed by atoms with Crippen LogP contribution in [0.2, 0.25) is 0 Å². The molecule has 0 aliphatic heterocycles. The van der Waals surface area contributed by atoms with Crippen molar-refractivity contribution in [3.8, 4) is 0 Å². The summed E-state index contributed by atoms with van der Waals surface area (Å²) in [4.78, 5) is 0.513. The van der Waals surface area contributed by atoms with Gasteiger partial charge >= 0.3 is 0 Å². The molecule has 0 saturated heterocycles. The summed E-state index contributed by atoms with van der Waals surface area (Å²) in [7, 11) is 0. The highest BCUT2D eigenvalue weighted by Crippen LogP contribution is 2.32. The lowest BCUT2D eigenvalue weighted by molar-refractivity contribution is 0.372. The first-order chi connectivity index (χ1) is 9.82. The highest BCUT2D eigenvalue weighted by Gasteiger charge is 2.25. The van der Waals surface area contributed by atoms with E-state index >= 15 is 0 Å². The number of hydrogen-bond donors (Lipinski definition) is 1. The normalized spacial score (nSPS) is 11.0. The van der Waals surface area contributed by atoms with Crippen molar-refractivity contribution < 1.29 is 22.0 Å². The van der Waals surface area contributed by atoms with E-state index in [2.05, 4.69) is 0 Å². The first kappa shape index (κ1) is 15.6. The summed E-state index contributed by atoms with van der Waals surface area (Å²) < 4.78 is 66.1. The van der Waals surface area contributed by atoms with Crippen LogP contribution in [0.25, 0.3) is 0 Å². The molecule has 0 spiro atoms. The van der Waals surface area contributed by atoms with E-state index in [1.54, 1.807) is 25.1 Å². The molecule has 0 heterocycles. The van der Waals surface area contributed by atoms with Gasteiger partial charge in [-0.05, 0) is 24.6 Å². The summed E-state index contributed by atoms with van der Waals surface area (Å²) >= 11 is 0.905. The average Bonchev–Trinajstić information content (AvgIpc) is 2.46. The molecule has 0 unspecified atom stereocenters. The molecular weight excluding hydrogens is 309 g/mol. The monoisotopic (exact) mass is 319 g/mol. The second kappa shape index (κ2) is 5.93. The molecule has 0 aliphatic carbocycles. The van der Waals surface area contributed by atoms with Gasteiger partial charge in [-0.25, -0.2) is 22.0 Å². The van der Waals surface area contributed by atoms with Crippen molar-refractivity contribution in [1.29, 1.82) is 0 Å². The van der Waals surface area contributed by atoms with Crippen LogP contribution in [0.3, 0.4) is 0 Å². The fraction of sp³-hybridized carbons (Fsp3) is 0.143. The molecule has 0 aliphatic rings. The van der Waals surface area contributed by atoms with Crippen molar-refractivity contribution in [2.45, 2.75) is 17.6 Å². The number of halogens is 5. The van der Waals surface area contributed by atoms with Crippen LogP contribution >= 0.6 is 11.8 Å². The van der Waals surface area contributed by atoms with E-state index < -0.39 is 40.4 Å². The Morgan fingerprint density at radius 3 is 2.00 bits per heavy atom. The van der Waals surface area contributed by atoms with Gasteiger partial charge in [-0.2, -0.15) is 0 Å². The average molecular weight is 319 g/mol. The third kappa shape index (κ3) is 2.97. The van der Waals surface area contributed by atoms with Gasteiger partial charge in [-0.1, -0.05) is 6.07 Å². The van der Waals surface area contributed by atoms with Gasteiger partial charge in [0.15, 0.2) is 23.3 Å². The van der Waals surface area contributed by atoms with Gasteiger partial charge in [0, 0.05) is 21.9 Å². The van der Waals surface area contributed by atoms with Crippen molar-refractivity contribution in [2.24, 2.45) is 0 Å². The Morgan fingerprint density at radius 1 is 0.905 bits per heavy atom. The molecule has 0 saturated carbocycles. The third-order valence-corrected chi connectivity index (χ3v) is 3.94. The molecule has 0 aromatic heterocycles. The topological polar surface area (TPSA) is 26.0 Å². The van der Waals surface area contributed by atoms with E-state index in [-0.39, 0.29) is 0 Å². The number of nitrogen functional groups attached to an aromatic ring is 1. The van der Waals surface area contributed by atoms with Crippen molar-refractivity contribution >= 4 is 17.4 Å². The van der Waals surface area contributed by atoms with Gasteiger partial charge in [0.2, 0.25) is 5.82 Å². The summed E-state index contributed by atoms with van der Waals surface area (Å²) in [6.07, 6.45) is 0. The minimum absolute atomic E-state index is 0.370. The van der Waals surface area contributed by atoms with Gasteiger partial charge in [0.05, 0.1) is 0 Å². The quantitative estimate of drug-likeness (QED) is 0.295. The van der Waals surface area contributed by atoms with E-state index in [1.807, 2.05) is 0 Å². The van der Waals surface area contributed by atoms with E-state index in [9.17, 15) is 22.0 Å². The van der Waals surface area contributed by atoms with E-state index in [1.165, 1.54) is 0 Å². The predicted octanol–water partition coefficient (Wildman–Crippen LogP) is 4.57. The molecule has 2 aromatic rings. The Morgan fingerprint density at radius 2 is 1.43 bits per heavy atom. The summed E-state index contributed by atoms with van der Waals surface area (Å²) in [5.74, 6) is -10.1. The number of rotatable bonds is 3. The molecule has 0 fully saturated rings. The molecule has 0 atom stereocenters. The Kier molecular flexibility index (Phi) is 4.41. The number of anilines is 1. The molecule has 112 valence electrons. The zero-order valence-electron chi connectivity index (χ0n) is 10.8. The summed E-state index contributed by atoms with van der Waals surface area (Å²) in [5, 5.41) is 0. The third-order valence-electron chi connectivity index (χ3n) is 2.84. The second-order valence-corrected chi connectivity index (χ2v) is 5.40. The molecule has 2 aromatic carbocycles. The van der Waals surface area contributed by atoms with Crippen molar-refractivity contribution in [2.75, 3.05) is 5.73 Å². The van der Waals surface area contributed by atoms with Crippen LogP contribution in [-0.4, -0.2) is 0 Å². The number of thioether (sulfide) groups is 1.